The lowest BCUT2D eigenvalue weighted by Crippen LogP contribution is -2.33. The first-order valence-electron chi connectivity index (χ1n) is 5.19. The quantitative estimate of drug-likeness (QED) is 0.447. The van der Waals surface area contributed by atoms with Crippen molar-refractivity contribution in [1.29, 1.82) is 0 Å². The molecule has 1 radical (unpaired) electrons. The topological polar surface area (TPSA) is 76.0 Å². The van der Waals surface area contributed by atoms with E-state index >= 15 is 0 Å². The maximum absolute atomic E-state index is 10.8. The molecule has 0 aliphatic heterocycles. The van der Waals surface area contributed by atoms with E-state index in [0.29, 0.717) is 12.0 Å². The summed E-state index contributed by atoms with van der Waals surface area (Å²) in [7, 11) is 0. The van der Waals surface area contributed by atoms with Crippen LogP contribution in [0.5, 0.6) is 0 Å². The first-order chi connectivity index (χ1) is 7.97. The molecular weight excluding hydrogens is 222 g/mol. The van der Waals surface area contributed by atoms with Gasteiger partial charge in [0.1, 0.15) is 0 Å². The summed E-state index contributed by atoms with van der Waals surface area (Å²) in [5.41, 5.74) is -0.750. The number of allylic oxidation sites excluding steroid dienone is 4. The molecule has 5 heteroatoms. The summed E-state index contributed by atoms with van der Waals surface area (Å²) in [4.78, 5) is 26.4. The van der Waals surface area contributed by atoms with Gasteiger partial charge in [-0.3, -0.25) is 4.79 Å². The van der Waals surface area contributed by atoms with Gasteiger partial charge in [-0.2, -0.15) is 0 Å². The normalized spacial score (nSPS) is 16.4. The van der Waals surface area contributed by atoms with Gasteiger partial charge in [0.15, 0.2) is 5.71 Å². The average molecular weight is 236 g/mol. The van der Waals surface area contributed by atoms with Gasteiger partial charge in [0.05, 0.1) is 0 Å². The zero-order chi connectivity index (χ0) is 12.9. The molecule has 0 amide bonds. The number of rotatable bonds is 5. The molecule has 0 heterocycles. The van der Waals surface area contributed by atoms with Crippen LogP contribution in [-0.2, 0) is 14.4 Å². The monoisotopic (exact) mass is 236 g/mol. The van der Waals surface area contributed by atoms with Gasteiger partial charge in [-0.1, -0.05) is 23.4 Å². The minimum atomic E-state index is -1.47. The third-order valence-electron chi connectivity index (χ3n) is 2.29. The molecule has 17 heavy (non-hydrogen) atoms. The number of carboxylic acids is 1. The first-order valence-corrected chi connectivity index (χ1v) is 5.19. The summed E-state index contributed by atoms with van der Waals surface area (Å²) in [6.45, 7) is 2.72. The number of carboxylic acid groups (broad SMARTS) is 1. The number of hydrogen-bond acceptors (Lipinski definition) is 4. The standard InChI is InChI=1S/C12H14NO4/c1-12(2,11(15)16)17-13-10(8-14)9-6-4-3-5-7-9/h3-4,7H,5-6H2,1-2H3,(H,15,16). The molecule has 0 saturated carbocycles. The Balaban J connectivity index is 2.78. The van der Waals surface area contributed by atoms with Gasteiger partial charge in [-0.25, -0.2) is 4.79 Å². The van der Waals surface area contributed by atoms with Gasteiger partial charge in [0.25, 0.3) is 6.29 Å². The van der Waals surface area contributed by atoms with Gasteiger partial charge in [0.2, 0.25) is 5.60 Å². The van der Waals surface area contributed by atoms with Crippen molar-refractivity contribution >= 4 is 18.0 Å². The number of carbonyl (C=O) groups excluding carboxylic acids is 1. The average Bonchev–Trinajstić information content (AvgIpc) is 2.31. The Kier molecular flexibility index (Phi) is 4.20. The van der Waals surface area contributed by atoms with E-state index in [2.05, 4.69) is 5.16 Å². The Labute approximate surface area is 99.4 Å². The minimum absolute atomic E-state index is 0.0173. The highest BCUT2D eigenvalue weighted by molar-refractivity contribution is 6.36. The molecule has 1 rings (SSSR count). The van der Waals surface area contributed by atoms with E-state index in [0.717, 1.165) is 6.42 Å². The highest BCUT2D eigenvalue weighted by Gasteiger charge is 2.30. The van der Waals surface area contributed by atoms with E-state index in [-0.39, 0.29) is 5.71 Å². The SMILES string of the molecule is CC(C)(ON=C([C]=O)C1=CCC=CC1)C(=O)O. The fraction of sp³-hybridized carbons (Fsp3) is 0.417. The number of aliphatic carboxylic acids is 1. The van der Waals surface area contributed by atoms with E-state index in [4.69, 9.17) is 9.94 Å². The Hall–Kier alpha value is -1.91. The third kappa shape index (κ3) is 3.55. The molecule has 0 fully saturated rings. The predicted octanol–water partition coefficient (Wildman–Crippen LogP) is 1.61. The Morgan fingerprint density at radius 1 is 1.53 bits per heavy atom. The second kappa shape index (κ2) is 5.43. The van der Waals surface area contributed by atoms with Crippen LogP contribution in [0.2, 0.25) is 0 Å². The van der Waals surface area contributed by atoms with Crippen molar-refractivity contribution in [1.82, 2.24) is 0 Å². The maximum Gasteiger partial charge on any atom is 0.350 e. The molecule has 1 aliphatic carbocycles. The van der Waals surface area contributed by atoms with Gasteiger partial charge < -0.3 is 9.94 Å². The molecule has 0 unspecified atom stereocenters. The van der Waals surface area contributed by atoms with Crippen LogP contribution in [0.1, 0.15) is 26.7 Å². The molecular formula is C12H14NO4. The van der Waals surface area contributed by atoms with E-state index in [9.17, 15) is 9.59 Å². The molecule has 0 aromatic carbocycles. The van der Waals surface area contributed by atoms with Crippen LogP contribution in [0.3, 0.4) is 0 Å². The molecule has 0 bridgehead atoms. The minimum Gasteiger partial charge on any atom is -0.478 e. The fourth-order valence-corrected chi connectivity index (χ4v) is 1.14. The largest absolute Gasteiger partial charge is 0.478 e. The maximum atomic E-state index is 10.8. The molecule has 0 saturated heterocycles. The van der Waals surface area contributed by atoms with Crippen molar-refractivity contribution in [3.05, 3.63) is 23.8 Å². The van der Waals surface area contributed by atoms with E-state index in [1.165, 1.54) is 13.8 Å². The van der Waals surface area contributed by atoms with E-state index in [1.807, 2.05) is 18.2 Å². The smallest absolute Gasteiger partial charge is 0.350 e. The van der Waals surface area contributed by atoms with Crippen molar-refractivity contribution in [2.24, 2.45) is 5.16 Å². The fourth-order valence-electron chi connectivity index (χ4n) is 1.14. The number of carbonyl (C=O) groups is 1. The van der Waals surface area contributed by atoms with Crippen LogP contribution in [0.4, 0.5) is 0 Å². The number of oxime groups is 1. The van der Waals surface area contributed by atoms with Crippen molar-refractivity contribution in [2.45, 2.75) is 32.3 Å². The molecule has 1 N–H and O–H groups in total. The van der Waals surface area contributed by atoms with Gasteiger partial charge >= 0.3 is 5.97 Å². The predicted molar refractivity (Wildman–Crippen MR) is 62.4 cm³/mol. The Bertz CT molecular complexity index is 405. The van der Waals surface area contributed by atoms with E-state index < -0.39 is 11.6 Å². The second-order valence-corrected chi connectivity index (χ2v) is 4.09. The lowest BCUT2D eigenvalue weighted by Gasteiger charge is -2.17. The second-order valence-electron chi connectivity index (χ2n) is 4.09. The van der Waals surface area contributed by atoms with Crippen LogP contribution in [-0.4, -0.2) is 28.7 Å². The van der Waals surface area contributed by atoms with Gasteiger partial charge in [-0.15, -0.1) is 0 Å². The highest BCUT2D eigenvalue weighted by atomic mass is 16.7. The highest BCUT2D eigenvalue weighted by Crippen LogP contribution is 2.15. The van der Waals surface area contributed by atoms with Crippen LogP contribution >= 0.6 is 0 Å². The van der Waals surface area contributed by atoms with Crippen LogP contribution < -0.4 is 0 Å². The molecule has 0 aromatic heterocycles. The van der Waals surface area contributed by atoms with Crippen LogP contribution in [0, 0.1) is 0 Å². The van der Waals surface area contributed by atoms with Crippen molar-refractivity contribution in [2.75, 3.05) is 0 Å². The lowest BCUT2D eigenvalue weighted by molar-refractivity contribution is -0.161. The third-order valence-corrected chi connectivity index (χ3v) is 2.29. The summed E-state index contributed by atoms with van der Waals surface area (Å²) in [5, 5.41) is 12.4. The van der Waals surface area contributed by atoms with Crippen molar-refractivity contribution < 1.29 is 19.5 Å². The first kappa shape index (κ1) is 13.2. The molecule has 0 aromatic rings. The van der Waals surface area contributed by atoms with Crippen LogP contribution in [0.15, 0.2) is 29.0 Å². The summed E-state index contributed by atoms with van der Waals surface area (Å²) in [6, 6.07) is 0. The molecule has 1 aliphatic rings. The Morgan fingerprint density at radius 3 is 2.71 bits per heavy atom. The number of hydrogen-bond donors (Lipinski definition) is 1. The molecule has 0 atom stereocenters. The lowest BCUT2D eigenvalue weighted by atomic mass is 10.0. The molecule has 91 valence electrons. The van der Waals surface area contributed by atoms with Gasteiger partial charge in [0, 0.05) is 0 Å². The zero-order valence-electron chi connectivity index (χ0n) is 9.77. The zero-order valence-corrected chi connectivity index (χ0v) is 9.77. The van der Waals surface area contributed by atoms with Crippen molar-refractivity contribution in [3.63, 3.8) is 0 Å². The Morgan fingerprint density at radius 2 is 2.24 bits per heavy atom. The summed E-state index contributed by atoms with van der Waals surface area (Å²) in [6.07, 6.45) is 8.67. The summed E-state index contributed by atoms with van der Waals surface area (Å²) >= 11 is 0. The van der Waals surface area contributed by atoms with Gasteiger partial charge in [-0.05, 0) is 32.3 Å². The molecule has 0 spiro atoms. The number of nitrogens with zero attached hydrogens (tertiary/aromatic N) is 1. The van der Waals surface area contributed by atoms with E-state index in [1.54, 1.807) is 6.29 Å². The summed E-state index contributed by atoms with van der Waals surface area (Å²) < 4.78 is 0. The van der Waals surface area contributed by atoms with Crippen molar-refractivity contribution in [3.8, 4) is 0 Å². The molecule has 5 nitrogen and oxygen atoms in total. The van der Waals surface area contributed by atoms with Crippen LogP contribution in [0.25, 0.3) is 0 Å². The summed E-state index contributed by atoms with van der Waals surface area (Å²) in [5.74, 6) is -1.15.